The lowest BCUT2D eigenvalue weighted by molar-refractivity contribution is -0.123. The molecule has 0 aromatic heterocycles. The van der Waals surface area contributed by atoms with E-state index in [1.807, 2.05) is 0 Å². The van der Waals surface area contributed by atoms with E-state index in [0.29, 0.717) is 0 Å². The summed E-state index contributed by atoms with van der Waals surface area (Å²) in [7, 11) is 0. The van der Waals surface area contributed by atoms with Gasteiger partial charge in [-0.05, 0) is 176 Å². The minimum Gasteiger partial charge on any atom is -0.452 e. The predicted molar refractivity (Wildman–Crippen MR) is 391 cm³/mol. The molecule has 13 aromatic rings. The predicted octanol–water partition coefficient (Wildman–Crippen LogP) is 25.0. The monoisotopic (exact) mass is 1220 g/mol. The van der Waals surface area contributed by atoms with Crippen molar-refractivity contribution in [1.82, 2.24) is 0 Å². The van der Waals surface area contributed by atoms with Crippen molar-refractivity contribution in [2.24, 2.45) is 0 Å². The van der Waals surface area contributed by atoms with Crippen LogP contribution in [-0.4, -0.2) is 17.4 Å². The molecule has 0 fully saturated rings. The zero-order chi connectivity index (χ0) is 63.8. The van der Waals surface area contributed by atoms with E-state index in [1.54, 1.807) is 0 Å². The molecule has 0 amide bonds. The van der Waals surface area contributed by atoms with Crippen molar-refractivity contribution in [3.8, 4) is 34.5 Å². The summed E-state index contributed by atoms with van der Waals surface area (Å²) >= 11 is 0. The molecule has 0 radical (unpaired) electrons. The minimum absolute atomic E-state index is 0.764. The summed E-state index contributed by atoms with van der Waals surface area (Å²) in [6.45, 7) is 13.2. The molecule has 18 bridgehead atoms. The number of rotatable bonds is 12. The van der Waals surface area contributed by atoms with E-state index in [4.69, 9.17) is 28.4 Å². The minimum atomic E-state index is -0.764. The number of fused-ring (bicyclic) bond motifs is 3. The summed E-state index contributed by atoms with van der Waals surface area (Å²) in [5.74, 6) is 2.70. The summed E-state index contributed by atoms with van der Waals surface area (Å²) in [6.07, 6.45) is 10.3. The van der Waals surface area contributed by atoms with Gasteiger partial charge in [0.05, 0.1) is 0 Å². The van der Waals surface area contributed by atoms with Gasteiger partial charge in [-0.2, -0.15) is 0 Å². The van der Waals surface area contributed by atoms with Crippen molar-refractivity contribution in [2.45, 2.75) is 136 Å². The number of benzene rings is 9. The first-order valence-corrected chi connectivity index (χ1v) is 33.9. The third-order valence-corrected chi connectivity index (χ3v) is 18.1. The molecule has 93 heavy (non-hydrogen) atoms. The Labute approximate surface area is 547 Å². The molecule has 0 saturated heterocycles. The molecule has 0 saturated carbocycles. The van der Waals surface area contributed by atoms with Crippen LogP contribution in [-0.2, 0) is 0 Å². The molecule has 16 rings (SSSR count). The summed E-state index contributed by atoms with van der Waals surface area (Å²) < 4.78 is 42.0. The molecule has 13 aromatic carbocycles. The summed E-state index contributed by atoms with van der Waals surface area (Å²) in [5.41, 5.74) is 0. The van der Waals surface area contributed by atoms with Crippen LogP contribution in [0.25, 0.3) is 97.0 Å². The van der Waals surface area contributed by atoms with Gasteiger partial charge >= 0.3 is 0 Å². The van der Waals surface area contributed by atoms with Gasteiger partial charge in [-0.15, -0.1) is 0 Å². The first-order chi connectivity index (χ1) is 45.5. The van der Waals surface area contributed by atoms with Crippen LogP contribution in [0.3, 0.4) is 0 Å². The van der Waals surface area contributed by atoms with E-state index in [9.17, 15) is 0 Å². The summed E-state index contributed by atoms with van der Waals surface area (Å²) in [4.78, 5) is 0. The first-order valence-electron chi connectivity index (χ1n) is 33.9. The van der Waals surface area contributed by atoms with Gasteiger partial charge in [-0.3, -0.25) is 0 Å². The van der Waals surface area contributed by atoms with Crippen molar-refractivity contribution in [2.75, 3.05) is 0 Å². The van der Waals surface area contributed by atoms with Crippen LogP contribution < -0.4 is 28.4 Å². The molecule has 468 valence electrons. The van der Waals surface area contributed by atoms with Crippen molar-refractivity contribution in [3.63, 3.8) is 0 Å². The van der Waals surface area contributed by atoms with E-state index in [1.165, 1.54) is 0 Å². The Kier molecular flexibility index (Phi) is 18.4. The molecule has 3 aliphatic rings. The van der Waals surface area contributed by atoms with Crippen LogP contribution in [0, 0.1) is 0 Å². The van der Waals surface area contributed by atoms with Crippen LogP contribution in [0.4, 0.5) is 0 Å². The second-order valence-corrected chi connectivity index (χ2v) is 25.4. The Hall–Kier alpha value is -9.78. The van der Waals surface area contributed by atoms with Crippen LogP contribution in [0.2, 0.25) is 0 Å². The highest BCUT2D eigenvalue weighted by molar-refractivity contribution is 6.00. The van der Waals surface area contributed by atoms with Gasteiger partial charge in [-0.1, -0.05) is 224 Å². The zero-order valence-corrected chi connectivity index (χ0v) is 54.7. The highest BCUT2D eigenvalue weighted by atomic mass is 16.7. The summed E-state index contributed by atoms with van der Waals surface area (Å²) in [5, 5.41) is 19.2. The van der Waals surface area contributed by atoms with E-state index < -0.39 is 17.4 Å². The number of hydrogen-bond acceptors (Lipinski definition) is 6. The molecule has 0 atom stereocenters. The standard InChI is InChI=1S/C87H84O6/c1-7-49-85(50-8-2)88-79-43-37-67-31-25-61-13-17-63(18-14-61)27-33-69-39-45-81-75(57-69)77-59-71(41-47-83(77)92-86(90-81,51-9-3)52-10-4)35-29-65-21-23-66(24-22-65)30-36-72-42-48-84-78(60-72)76-58-70(40-46-82(76)91-87(93-84,53-11-5)54-12-6)34-28-64-19-15-62(16-20-64)26-32-68-38-44-80(89-85)74(56-68)73(79)55-67/h13-48,55-60H,7-12,49-54H2,1-6H3. The highest BCUT2D eigenvalue weighted by Gasteiger charge is 2.39. The van der Waals surface area contributed by atoms with Crippen molar-refractivity contribution in [1.29, 1.82) is 0 Å². The fraction of sp³-hybridized carbons (Fsp3) is 0.241. The van der Waals surface area contributed by atoms with E-state index in [-0.39, 0.29) is 0 Å². The van der Waals surface area contributed by atoms with Gasteiger partial charge in [-0.25, -0.2) is 0 Å². The lowest BCUT2D eigenvalue weighted by atomic mass is 10.0. The fourth-order valence-corrected chi connectivity index (χ4v) is 13.6. The Morgan fingerprint density at radius 3 is 0.419 bits per heavy atom. The smallest absolute Gasteiger partial charge is 0.251 e. The van der Waals surface area contributed by atoms with Gasteiger partial charge in [0.25, 0.3) is 17.4 Å². The molecule has 0 N–H and O–H groups in total. The molecular formula is C87H84O6. The van der Waals surface area contributed by atoms with Crippen LogP contribution in [0.1, 0.15) is 119 Å². The third-order valence-electron chi connectivity index (χ3n) is 18.1. The second kappa shape index (κ2) is 27.6. The first kappa shape index (κ1) is 62.0. The SMILES string of the molecule is CCCC1(CCC)Oc2ccc3ccc4ccc(cc4)ccc4ccc5c(c4)c4cc(ccc4OC(CCC)(CCC)O5)ccc4ccc(cc4)ccc4ccc5c(c4)c4cc(ccc4OC(CCC)(CCC)O5)ccc4ccc(cc4)ccc4ccc(c(c4)c2c3)O1. The molecule has 0 aliphatic carbocycles. The average Bonchev–Trinajstić information content (AvgIpc) is 1.75. The van der Waals surface area contributed by atoms with Crippen LogP contribution in [0.15, 0.2) is 255 Å². The van der Waals surface area contributed by atoms with Gasteiger partial charge in [0.2, 0.25) is 0 Å². The maximum atomic E-state index is 7.00. The van der Waals surface area contributed by atoms with Gasteiger partial charge in [0, 0.05) is 70.8 Å². The lowest BCUT2D eigenvalue weighted by Crippen LogP contribution is -2.41. The lowest BCUT2D eigenvalue weighted by Gasteiger charge is -2.33. The van der Waals surface area contributed by atoms with Gasteiger partial charge in [0.15, 0.2) is 0 Å². The fourth-order valence-electron chi connectivity index (χ4n) is 13.6. The second-order valence-electron chi connectivity index (χ2n) is 25.4. The zero-order valence-electron chi connectivity index (χ0n) is 54.7. The molecule has 6 nitrogen and oxygen atoms in total. The van der Waals surface area contributed by atoms with Gasteiger partial charge in [0.1, 0.15) is 34.5 Å². The van der Waals surface area contributed by atoms with Crippen LogP contribution in [0.5, 0.6) is 34.5 Å². The van der Waals surface area contributed by atoms with Crippen molar-refractivity contribution in [3.05, 3.63) is 255 Å². The third kappa shape index (κ3) is 14.0. The van der Waals surface area contributed by atoms with E-state index in [2.05, 4.69) is 296 Å². The van der Waals surface area contributed by atoms with Crippen LogP contribution >= 0.6 is 0 Å². The summed E-state index contributed by atoms with van der Waals surface area (Å²) in [6, 6.07) is 91.4. The van der Waals surface area contributed by atoms with E-state index >= 15 is 0 Å². The van der Waals surface area contributed by atoms with E-state index in [0.717, 1.165) is 208 Å². The Morgan fingerprint density at radius 1 is 0.172 bits per heavy atom. The molecule has 6 heteroatoms. The van der Waals surface area contributed by atoms with Crippen molar-refractivity contribution >= 4 is 97.0 Å². The van der Waals surface area contributed by atoms with Gasteiger partial charge < -0.3 is 28.4 Å². The largest absolute Gasteiger partial charge is 0.452 e. The molecule has 3 aliphatic heterocycles. The highest BCUT2D eigenvalue weighted by Crippen LogP contribution is 2.46. The number of ether oxygens (including phenoxy) is 6. The molecular weight excluding hydrogens is 1140 g/mol. The molecule has 3 heterocycles. The normalized spacial score (nSPS) is 14.1. The topological polar surface area (TPSA) is 55.4 Å². The molecule has 0 unspecified atom stereocenters. The Balaban J connectivity index is 0.971. The van der Waals surface area contributed by atoms with Crippen molar-refractivity contribution < 1.29 is 28.4 Å². The average molecular weight is 1230 g/mol. The maximum Gasteiger partial charge on any atom is 0.251 e. The quantitative estimate of drug-likeness (QED) is 0.121. The Bertz CT molecular complexity index is 4090. The molecule has 0 spiro atoms. The maximum absolute atomic E-state index is 7.00. The Morgan fingerprint density at radius 2 is 0.290 bits per heavy atom. The number of hydrogen-bond donors (Lipinski definition) is 0.